The van der Waals surface area contributed by atoms with Gasteiger partial charge < -0.3 is 25.2 Å². The SMILES string of the molecule is N#CCCN1CCC(Nc2c3c(nc4cc(O)c(O)cc24)CCOCC3)CC1. The summed E-state index contributed by atoms with van der Waals surface area (Å²) < 4.78 is 5.65. The van der Waals surface area contributed by atoms with E-state index >= 15 is 0 Å². The van der Waals surface area contributed by atoms with Gasteiger partial charge in [-0.3, -0.25) is 4.98 Å². The van der Waals surface area contributed by atoms with Gasteiger partial charge in [-0.25, -0.2) is 0 Å². The Balaban J connectivity index is 1.64. The van der Waals surface area contributed by atoms with E-state index in [9.17, 15) is 10.2 Å². The number of aromatic hydroxyl groups is 2. The van der Waals surface area contributed by atoms with E-state index in [4.69, 9.17) is 15.0 Å². The number of pyridine rings is 1. The van der Waals surface area contributed by atoms with E-state index in [0.717, 1.165) is 67.6 Å². The van der Waals surface area contributed by atoms with Gasteiger partial charge in [-0.15, -0.1) is 0 Å². The lowest BCUT2D eigenvalue weighted by atomic mass is 9.98. The van der Waals surface area contributed by atoms with Gasteiger partial charge in [0.25, 0.3) is 0 Å². The van der Waals surface area contributed by atoms with Crippen LogP contribution in [0.4, 0.5) is 5.69 Å². The predicted molar refractivity (Wildman–Crippen MR) is 107 cm³/mol. The van der Waals surface area contributed by atoms with Crippen molar-refractivity contribution >= 4 is 16.6 Å². The van der Waals surface area contributed by atoms with Crippen molar-refractivity contribution < 1.29 is 14.9 Å². The molecule has 1 fully saturated rings. The molecule has 0 aliphatic carbocycles. The number of fused-ring (bicyclic) bond motifs is 2. The molecule has 7 heteroatoms. The number of ether oxygens (including phenoxy) is 1. The highest BCUT2D eigenvalue weighted by Gasteiger charge is 2.23. The maximum Gasteiger partial charge on any atom is 0.159 e. The summed E-state index contributed by atoms with van der Waals surface area (Å²) in [5.74, 6) is -0.282. The molecule has 28 heavy (non-hydrogen) atoms. The van der Waals surface area contributed by atoms with Crippen LogP contribution in [-0.2, 0) is 17.6 Å². The lowest BCUT2D eigenvalue weighted by molar-refractivity contribution is 0.146. The second kappa shape index (κ2) is 8.21. The van der Waals surface area contributed by atoms with E-state index in [2.05, 4.69) is 16.3 Å². The second-order valence-electron chi connectivity index (χ2n) is 7.55. The average molecular weight is 382 g/mol. The standard InChI is InChI=1S/C21H26N4O3/c22-6-1-7-25-8-2-14(3-9-25)23-21-15-4-10-28-11-5-17(15)24-18-13-20(27)19(26)12-16(18)21/h12-14,26-27H,1-5,7-11H2,(H,23,24). The molecule has 3 heterocycles. The number of nitriles is 1. The van der Waals surface area contributed by atoms with Crippen molar-refractivity contribution in [2.75, 3.05) is 38.2 Å². The first-order valence-corrected chi connectivity index (χ1v) is 9.96. The summed E-state index contributed by atoms with van der Waals surface area (Å²) in [6.45, 7) is 4.08. The number of benzene rings is 1. The molecular formula is C21H26N4O3. The molecule has 2 aliphatic heterocycles. The minimum absolute atomic E-state index is 0.131. The number of anilines is 1. The Morgan fingerprint density at radius 3 is 2.71 bits per heavy atom. The van der Waals surface area contributed by atoms with Crippen LogP contribution in [0.3, 0.4) is 0 Å². The van der Waals surface area contributed by atoms with Crippen LogP contribution in [0, 0.1) is 11.3 Å². The third-order valence-corrected chi connectivity index (χ3v) is 5.72. The topological polar surface area (TPSA) is 102 Å². The Hall–Kier alpha value is -2.56. The molecule has 0 saturated carbocycles. The molecule has 1 aromatic carbocycles. The normalized spacial score (nSPS) is 18.4. The van der Waals surface area contributed by atoms with Gasteiger partial charge in [-0.1, -0.05) is 0 Å². The van der Waals surface area contributed by atoms with Gasteiger partial charge in [0, 0.05) is 61.4 Å². The van der Waals surface area contributed by atoms with Crippen molar-refractivity contribution in [2.24, 2.45) is 0 Å². The zero-order valence-corrected chi connectivity index (χ0v) is 15.9. The average Bonchev–Trinajstić information content (AvgIpc) is 2.94. The Labute approximate surface area is 164 Å². The van der Waals surface area contributed by atoms with Crippen molar-refractivity contribution in [1.29, 1.82) is 5.26 Å². The van der Waals surface area contributed by atoms with Crippen molar-refractivity contribution in [2.45, 2.75) is 38.1 Å². The van der Waals surface area contributed by atoms with Gasteiger partial charge in [0.1, 0.15) is 0 Å². The molecule has 0 radical (unpaired) electrons. The van der Waals surface area contributed by atoms with Crippen LogP contribution in [-0.4, -0.2) is 59.0 Å². The number of rotatable bonds is 4. The number of nitrogens with zero attached hydrogens (tertiary/aromatic N) is 3. The van der Waals surface area contributed by atoms with Crippen molar-refractivity contribution in [1.82, 2.24) is 9.88 Å². The van der Waals surface area contributed by atoms with Crippen LogP contribution >= 0.6 is 0 Å². The highest BCUT2D eigenvalue weighted by Crippen LogP contribution is 2.37. The molecule has 3 N–H and O–H groups in total. The third-order valence-electron chi connectivity index (χ3n) is 5.72. The molecule has 0 unspecified atom stereocenters. The first-order valence-electron chi connectivity index (χ1n) is 9.96. The Bertz CT molecular complexity index is 901. The fraction of sp³-hybridized carbons (Fsp3) is 0.524. The molecule has 4 rings (SSSR count). The van der Waals surface area contributed by atoms with Crippen LogP contribution < -0.4 is 5.32 Å². The van der Waals surface area contributed by atoms with Gasteiger partial charge in [0.15, 0.2) is 11.5 Å². The molecule has 7 nitrogen and oxygen atoms in total. The molecule has 2 aromatic rings. The summed E-state index contributed by atoms with van der Waals surface area (Å²) in [4.78, 5) is 7.08. The van der Waals surface area contributed by atoms with Gasteiger partial charge in [0.2, 0.25) is 0 Å². The summed E-state index contributed by atoms with van der Waals surface area (Å²) >= 11 is 0. The maximum absolute atomic E-state index is 10.1. The van der Waals surface area contributed by atoms with Crippen molar-refractivity contribution in [3.05, 3.63) is 23.4 Å². The Morgan fingerprint density at radius 1 is 1.18 bits per heavy atom. The van der Waals surface area contributed by atoms with E-state index in [-0.39, 0.29) is 11.5 Å². The smallest absolute Gasteiger partial charge is 0.159 e. The summed E-state index contributed by atoms with van der Waals surface area (Å²) in [6, 6.07) is 5.68. The molecule has 0 atom stereocenters. The number of hydrogen-bond donors (Lipinski definition) is 3. The molecular weight excluding hydrogens is 356 g/mol. The fourth-order valence-corrected chi connectivity index (χ4v) is 4.18. The lowest BCUT2D eigenvalue weighted by Gasteiger charge is -2.33. The summed E-state index contributed by atoms with van der Waals surface area (Å²) in [6.07, 6.45) is 4.11. The molecule has 0 spiro atoms. The van der Waals surface area contributed by atoms with E-state index in [1.54, 1.807) is 6.07 Å². The van der Waals surface area contributed by atoms with Crippen LogP contribution in [0.1, 0.15) is 30.5 Å². The highest BCUT2D eigenvalue weighted by molar-refractivity contribution is 5.95. The van der Waals surface area contributed by atoms with Gasteiger partial charge in [-0.2, -0.15) is 5.26 Å². The zero-order chi connectivity index (χ0) is 19.5. The van der Waals surface area contributed by atoms with Crippen LogP contribution in [0.25, 0.3) is 10.9 Å². The van der Waals surface area contributed by atoms with E-state index in [1.165, 1.54) is 6.07 Å². The molecule has 1 aromatic heterocycles. The largest absolute Gasteiger partial charge is 0.504 e. The third kappa shape index (κ3) is 3.84. The van der Waals surface area contributed by atoms with Crippen LogP contribution in [0.15, 0.2) is 12.1 Å². The van der Waals surface area contributed by atoms with Crippen LogP contribution in [0.2, 0.25) is 0 Å². The number of aromatic nitrogens is 1. The van der Waals surface area contributed by atoms with Gasteiger partial charge >= 0.3 is 0 Å². The molecule has 0 amide bonds. The number of phenols is 2. The number of phenolic OH excluding ortho intramolecular Hbond substituents is 2. The fourth-order valence-electron chi connectivity index (χ4n) is 4.18. The summed E-state index contributed by atoms with van der Waals surface area (Å²) in [5.41, 5.74) is 3.85. The number of piperidine rings is 1. The summed E-state index contributed by atoms with van der Waals surface area (Å²) in [7, 11) is 0. The Kier molecular flexibility index (Phi) is 5.51. The molecule has 0 bridgehead atoms. The molecule has 2 aliphatic rings. The maximum atomic E-state index is 10.1. The van der Waals surface area contributed by atoms with Gasteiger partial charge in [-0.05, 0) is 30.9 Å². The number of likely N-dealkylation sites (tertiary alicyclic amines) is 1. The molecule has 1 saturated heterocycles. The molecule has 148 valence electrons. The van der Waals surface area contributed by atoms with E-state index in [1.807, 2.05) is 0 Å². The van der Waals surface area contributed by atoms with Crippen molar-refractivity contribution in [3.63, 3.8) is 0 Å². The number of nitrogens with one attached hydrogen (secondary N) is 1. The first-order chi connectivity index (χ1) is 13.7. The minimum atomic E-state index is -0.151. The lowest BCUT2D eigenvalue weighted by Crippen LogP contribution is -2.39. The van der Waals surface area contributed by atoms with Crippen LogP contribution in [0.5, 0.6) is 11.5 Å². The summed E-state index contributed by atoms with van der Waals surface area (Å²) in [5, 5.41) is 33.3. The quantitative estimate of drug-likeness (QED) is 0.699. The van der Waals surface area contributed by atoms with Crippen molar-refractivity contribution in [3.8, 4) is 17.6 Å². The second-order valence-corrected chi connectivity index (χ2v) is 7.55. The first kappa shape index (κ1) is 18.8. The minimum Gasteiger partial charge on any atom is -0.504 e. The van der Waals surface area contributed by atoms with Gasteiger partial charge in [0.05, 0.1) is 24.8 Å². The predicted octanol–water partition coefficient (Wildman–Crippen LogP) is 2.55. The Morgan fingerprint density at radius 2 is 1.93 bits per heavy atom. The zero-order valence-electron chi connectivity index (χ0n) is 15.9. The highest BCUT2D eigenvalue weighted by atomic mass is 16.5. The van der Waals surface area contributed by atoms with E-state index < -0.39 is 0 Å². The monoisotopic (exact) mass is 382 g/mol. The van der Waals surface area contributed by atoms with E-state index in [0.29, 0.717) is 31.2 Å². The number of hydrogen-bond acceptors (Lipinski definition) is 7.